The Kier molecular flexibility index (Phi) is 5.96. The summed E-state index contributed by atoms with van der Waals surface area (Å²) >= 11 is 3.26. The number of para-hydroxylation sites is 1. The van der Waals surface area contributed by atoms with E-state index in [4.69, 9.17) is 9.47 Å². The second-order valence-electron chi connectivity index (χ2n) is 7.70. The molecule has 1 aliphatic heterocycles. The topological polar surface area (TPSA) is 76.7 Å². The second-order valence-corrected chi connectivity index (χ2v) is 11.3. The van der Waals surface area contributed by atoms with Crippen molar-refractivity contribution in [3.8, 4) is 11.5 Å². The molecule has 0 aliphatic carbocycles. The quantitative estimate of drug-likeness (QED) is 0.280. The first-order chi connectivity index (χ1) is 15.9. The van der Waals surface area contributed by atoms with E-state index in [1.54, 1.807) is 29.8 Å². The van der Waals surface area contributed by atoms with Crippen LogP contribution in [0.5, 0.6) is 11.5 Å². The molecule has 0 saturated heterocycles. The molecule has 0 atom stereocenters. The molecule has 6 nitrogen and oxygen atoms in total. The molecule has 2 aromatic heterocycles. The Morgan fingerprint density at radius 3 is 2.91 bits per heavy atom. The van der Waals surface area contributed by atoms with Crippen molar-refractivity contribution in [2.24, 2.45) is 0 Å². The van der Waals surface area contributed by atoms with E-state index in [-0.39, 0.29) is 5.75 Å². The summed E-state index contributed by atoms with van der Waals surface area (Å²) in [4.78, 5) is 0. The van der Waals surface area contributed by atoms with Crippen molar-refractivity contribution in [1.29, 1.82) is 0 Å². The van der Waals surface area contributed by atoms with Crippen LogP contribution in [-0.2, 0) is 16.7 Å². The molecular weight excluding hydrogens is 478 g/mol. The van der Waals surface area contributed by atoms with Crippen LogP contribution in [0.1, 0.15) is 17.0 Å². The minimum absolute atomic E-state index is 0.278. The van der Waals surface area contributed by atoms with Crippen molar-refractivity contribution in [2.75, 3.05) is 19.5 Å². The van der Waals surface area contributed by atoms with Crippen LogP contribution >= 0.6 is 22.7 Å². The molecule has 1 aliphatic rings. The zero-order valence-corrected chi connectivity index (χ0v) is 20.3. The van der Waals surface area contributed by atoms with Crippen molar-refractivity contribution < 1.29 is 27.0 Å². The number of aryl methyl sites for hydroxylation is 1. The monoisotopic (exact) mass is 500 g/mol. The molecule has 9 heteroatoms. The lowest BCUT2D eigenvalue weighted by Gasteiger charge is -2.15. The zero-order valence-electron chi connectivity index (χ0n) is 17.9. The smallest absolute Gasteiger partial charge is 0.265 e. The zero-order chi connectivity index (χ0) is 23.0. The molecule has 33 heavy (non-hydrogen) atoms. The second kappa shape index (κ2) is 8.90. The molecule has 5 rings (SSSR count). The molecule has 0 unspecified atom stereocenters. The van der Waals surface area contributed by atoms with Gasteiger partial charge in [-0.2, -0.15) is 13.0 Å². The van der Waals surface area contributed by atoms with Crippen molar-refractivity contribution in [3.63, 3.8) is 0 Å². The van der Waals surface area contributed by atoms with Gasteiger partial charge in [0.25, 0.3) is 15.1 Å². The van der Waals surface area contributed by atoms with Crippen LogP contribution < -0.4 is 14.0 Å². The predicted molar refractivity (Wildman–Crippen MR) is 134 cm³/mol. The summed E-state index contributed by atoms with van der Waals surface area (Å²) in [7, 11) is -2.35. The Labute approximate surface area is 199 Å². The van der Waals surface area contributed by atoms with Crippen LogP contribution in [0, 0.1) is 0 Å². The van der Waals surface area contributed by atoms with Crippen LogP contribution in [0.2, 0.25) is 0 Å². The Bertz CT molecular complexity index is 1510. The molecule has 4 aromatic rings. The molecule has 3 heterocycles. The molecule has 0 bridgehead atoms. The number of methoxy groups -OCH3 is 1. The summed E-state index contributed by atoms with van der Waals surface area (Å²) in [5.41, 5.74) is 3.15. The molecule has 170 valence electrons. The molecule has 0 spiro atoms. The lowest BCUT2D eigenvalue weighted by Crippen LogP contribution is -2.36. The molecule has 2 aromatic carbocycles. The van der Waals surface area contributed by atoms with Gasteiger partial charge in [0.05, 0.1) is 12.9 Å². The summed E-state index contributed by atoms with van der Waals surface area (Å²) in [5.74, 6) is 1.42. The molecule has 0 radical (unpaired) electrons. The van der Waals surface area contributed by atoms with Gasteiger partial charge in [0, 0.05) is 29.5 Å². The standard InChI is InChI=1S/C24H21NO5S3/c1-29-20-14-21-23(24-18(20)9-11-31-24)25(10-4-12-33(26,27)28)22(32-21)8-7-16-13-17-5-2-3-6-19(17)30-15-16/h2-3,5-9,11,13-14H,4,10,12,15H2,1H3/p+1. The third-order valence-corrected chi connectivity index (χ3v) is 8.31. The van der Waals surface area contributed by atoms with Gasteiger partial charge in [-0.15, -0.1) is 11.3 Å². The van der Waals surface area contributed by atoms with Gasteiger partial charge in [0.15, 0.2) is 6.54 Å². The van der Waals surface area contributed by atoms with Gasteiger partial charge in [-0.3, -0.25) is 4.55 Å². The first-order valence-corrected chi connectivity index (χ1v) is 13.7. The van der Waals surface area contributed by atoms with E-state index in [0.29, 0.717) is 19.6 Å². The van der Waals surface area contributed by atoms with E-state index < -0.39 is 10.1 Å². The Morgan fingerprint density at radius 2 is 2.09 bits per heavy atom. The fourth-order valence-electron chi connectivity index (χ4n) is 4.00. The van der Waals surface area contributed by atoms with Crippen LogP contribution in [0.25, 0.3) is 32.5 Å². The number of ether oxygens (including phenoxy) is 2. The van der Waals surface area contributed by atoms with Crippen LogP contribution in [0.4, 0.5) is 0 Å². The van der Waals surface area contributed by atoms with Gasteiger partial charge in [0.1, 0.15) is 27.5 Å². The van der Waals surface area contributed by atoms with Gasteiger partial charge in [-0.25, -0.2) is 0 Å². The van der Waals surface area contributed by atoms with Crippen molar-refractivity contribution >= 4 is 65.2 Å². The van der Waals surface area contributed by atoms with E-state index in [1.165, 1.54) is 0 Å². The highest BCUT2D eigenvalue weighted by Gasteiger charge is 2.25. The summed E-state index contributed by atoms with van der Waals surface area (Å²) < 4.78 is 47.6. The lowest BCUT2D eigenvalue weighted by molar-refractivity contribution is -0.667. The van der Waals surface area contributed by atoms with Crippen molar-refractivity contribution in [3.05, 3.63) is 64.0 Å². The number of aromatic nitrogens is 1. The Morgan fingerprint density at radius 1 is 1.24 bits per heavy atom. The first-order valence-electron chi connectivity index (χ1n) is 10.4. The average molecular weight is 501 g/mol. The highest BCUT2D eigenvalue weighted by Crippen LogP contribution is 2.38. The SMILES string of the molecule is COc1cc2sc(C=CC3=Cc4ccccc4OC3)[n+](CCCS(=O)(=O)O)c2c2sccc12. The van der Waals surface area contributed by atoms with Crippen LogP contribution in [-0.4, -0.2) is 32.4 Å². The predicted octanol–water partition coefficient (Wildman–Crippen LogP) is 5.18. The largest absolute Gasteiger partial charge is 0.496 e. The number of hydrogen-bond donors (Lipinski definition) is 1. The molecular formula is C24H22NO5S3+. The van der Waals surface area contributed by atoms with E-state index >= 15 is 0 Å². The molecule has 0 saturated carbocycles. The molecule has 0 fully saturated rings. The van der Waals surface area contributed by atoms with E-state index in [2.05, 4.69) is 10.6 Å². The Balaban J connectivity index is 1.58. The summed E-state index contributed by atoms with van der Waals surface area (Å²) in [6.45, 7) is 0.960. The highest BCUT2D eigenvalue weighted by molar-refractivity contribution is 7.85. The summed E-state index contributed by atoms with van der Waals surface area (Å²) in [5, 5.41) is 4.05. The summed E-state index contributed by atoms with van der Waals surface area (Å²) in [6.07, 6.45) is 6.52. The van der Waals surface area contributed by atoms with Gasteiger partial charge in [-0.05, 0) is 35.2 Å². The van der Waals surface area contributed by atoms with Crippen molar-refractivity contribution in [2.45, 2.75) is 13.0 Å². The number of rotatable bonds is 7. The number of benzene rings is 2. The number of thiophene rings is 1. The third kappa shape index (κ3) is 4.54. The normalized spacial score (nSPS) is 13.9. The van der Waals surface area contributed by atoms with E-state index in [0.717, 1.165) is 47.9 Å². The lowest BCUT2D eigenvalue weighted by atomic mass is 10.1. The number of nitrogens with zero attached hydrogens (tertiary/aromatic N) is 1. The maximum absolute atomic E-state index is 11.3. The maximum Gasteiger partial charge on any atom is 0.265 e. The third-order valence-electron chi connectivity index (χ3n) is 5.49. The van der Waals surface area contributed by atoms with Crippen LogP contribution in [0.15, 0.2) is 53.4 Å². The van der Waals surface area contributed by atoms with Gasteiger partial charge >= 0.3 is 0 Å². The molecule has 1 N–H and O–H groups in total. The van der Waals surface area contributed by atoms with E-state index in [9.17, 15) is 13.0 Å². The Hall–Kier alpha value is -2.72. The van der Waals surface area contributed by atoms with Crippen molar-refractivity contribution in [1.82, 2.24) is 0 Å². The number of hydrogen-bond acceptors (Lipinski definition) is 6. The first kappa shape index (κ1) is 22.1. The van der Waals surface area contributed by atoms with E-state index in [1.807, 2.05) is 53.9 Å². The number of thiazole rings is 1. The van der Waals surface area contributed by atoms with Gasteiger partial charge < -0.3 is 9.47 Å². The fraction of sp³-hybridized carbons (Fsp3) is 0.208. The maximum atomic E-state index is 11.3. The summed E-state index contributed by atoms with van der Waals surface area (Å²) in [6, 6.07) is 12.0. The molecule has 0 amide bonds. The average Bonchev–Trinajstić information content (AvgIpc) is 3.41. The minimum atomic E-state index is -4.01. The van der Waals surface area contributed by atoms with Gasteiger partial charge in [0.2, 0.25) is 5.52 Å². The van der Waals surface area contributed by atoms with Gasteiger partial charge in [-0.1, -0.05) is 29.5 Å². The van der Waals surface area contributed by atoms with Crippen LogP contribution in [0.3, 0.4) is 0 Å². The minimum Gasteiger partial charge on any atom is -0.496 e. The number of fused-ring (bicyclic) bond motifs is 4. The fourth-order valence-corrected chi connectivity index (χ4v) is 6.66. The highest BCUT2D eigenvalue weighted by atomic mass is 32.2.